The SMILES string of the molecule is c1ccc(C2=NC(c3cccc4c3sc3cccc(-c5ccc6c(c5)c5ccccc5n6-c5ccccc5)c34)=NC(c3cccc4c3oc3ccccc34)N2)cc1. The number of thiophene rings is 1. The van der Waals surface area contributed by atoms with Gasteiger partial charge in [0.25, 0.3) is 0 Å². The van der Waals surface area contributed by atoms with Crippen molar-refractivity contribution in [3.05, 3.63) is 199 Å². The van der Waals surface area contributed by atoms with E-state index in [0.29, 0.717) is 5.84 Å². The predicted octanol–water partition coefficient (Wildman–Crippen LogP) is 13.2. The van der Waals surface area contributed by atoms with Crippen molar-refractivity contribution < 1.29 is 4.42 Å². The van der Waals surface area contributed by atoms with Gasteiger partial charge in [0, 0.05) is 64.1 Å². The number of aliphatic imine (C=N–C) groups is 2. The molecule has 1 atom stereocenters. The number of nitrogens with zero attached hydrogens (tertiary/aromatic N) is 3. The highest BCUT2D eigenvalue weighted by Gasteiger charge is 2.26. The van der Waals surface area contributed by atoms with Crippen LogP contribution in [0.15, 0.2) is 196 Å². The third kappa shape index (κ3) is 5.01. The second-order valence-corrected chi connectivity index (χ2v) is 15.6. The van der Waals surface area contributed by atoms with Gasteiger partial charge >= 0.3 is 0 Å². The summed E-state index contributed by atoms with van der Waals surface area (Å²) in [6.07, 6.45) is -0.415. The zero-order valence-electron chi connectivity index (χ0n) is 30.6. The fourth-order valence-electron chi connectivity index (χ4n) is 8.72. The molecule has 11 aromatic rings. The summed E-state index contributed by atoms with van der Waals surface area (Å²) in [6.45, 7) is 0. The van der Waals surface area contributed by atoms with Crippen LogP contribution in [0, 0.1) is 0 Å². The lowest BCUT2D eigenvalue weighted by Crippen LogP contribution is -2.33. The monoisotopic (exact) mass is 748 g/mol. The van der Waals surface area contributed by atoms with Crippen molar-refractivity contribution in [3.63, 3.8) is 0 Å². The third-order valence-electron chi connectivity index (χ3n) is 11.3. The van der Waals surface area contributed by atoms with Crippen molar-refractivity contribution in [2.45, 2.75) is 6.17 Å². The Labute approximate surface area is 331 Å². The first-order valence-electron chi connectivity index (χ1n) is 19.2. The Morgan fingerprint density at radius 2 is 1.25 bits per heavy atom. The summed E-state index contributed by atoms with van der Waals surface area (Å²) in [6, 6.07) is 64.3. The quantitative estimate of drug-likeness (QED) is 0.191. The Hall–Kier alpha value is -7.28. The lowest BCUT2D eigenvalue weighted by molar-refractivity contribution is 0.628. The highest BCUT2D eigenvalue weighted by Crippen LogP contribution is 2.44. The van der Waals surface area contributed by atoms with Crippen molar-refractivity contribution in [2.24, 2.45) is 9.98 Å². The lowest BCUT2D eigenvalue weighted by Gasteiger charge is -2.24. The van der Waals surface area contributed by atoms with Crippen LogP contribution in [0.3, 0.4) is 0 Å². The fourth-order valence-corrected chi connectivity index (χ4v) is 9.95. The van der Waals surface area contributed by atoms with Crippen LogP contribution in [0.2, 0.25) is 0 Å². The van der Waals surface area contributed by atoms with Crippen LogP contribution in [0.4, 0.5) is 0 Å². The Kier molecular flexibility index (Phi) is 7.09. The molecule has 12 rings (SSSR count). The largest absolute Gasteiger partial charge is 0.456 e. The van der Waals surface area contributed by atoms with E-state index in [2.05, 4.69) is 162 Å². The molecule has 0 spiro atoms. The van der Waals surface area contributed by atoms with Gasteiger partial charge in [-0.3, -0.25) is 0 Å². The molecule has 3 aromatic heterocycles. The number of amidine groups is 2. The summed E-state index contributed by atoms with van der Waals surface area (Å²) in [5, 5.41) is 10.8. The zero-order chi connectivity index (χ0) is 37.5. The molecule has 5 nitrogen and oxygen atoms in total. The number of fused-ring (bicyclic) bond motifs is 9. The Morgan fingerprint density at radius 1 is 0.544 bits per heavy atom. The number of rotatable bonds is 5. The second-order valence-electron chi connectivity index (χ2n) is 14.5. The first-order valence-corrected chi connectivity index (χ1v) is 20.0. The van der Waals surface area contributed by atoms with E-state index in [1.807, 2.05) is 30.3 Å². The van der Waals surface area contributed by atoms with Crippen molar-refractivity contribution in [3.8, 4) is 16.8 Å². The predicted molar refractivity (Wildman–Crippen MR) is 238 cm³/mol. The van der Waals surface area contributed by atoms with Crippen LogP contribution in [0.1, 0.15) is 22.9 Å². The topological polar surface area (TPSA) is 54.8 Å². The molecule has 4 heterocycles. The summed E-state index contributed by atoms with van der Waals surface area (Å²) in [4.78, 5) is 10.6. The first kappa shape index (κ1) is 32.0. The number of furan rings is 1. The van der Waals surface area contributed by atoms with E-state index < -0.39 is 6.17 Å². The first-order chi connectivity index (χ1) is 28.3. The third-order valence-corrected chi connectivity index (χ3v) is 12.5. The van der Waals surface area contributed by atoms with E-state index in [1.54, 1.807) is 11.3 Å². The number of benzene rings is 8. The van der Waals surface area contributed by atoms with Gasteiger partial charge in [0.1, 0.15) is 17.0 Å². The lowest BCUT2D eigenvalue weighted by atomic mass is 9.97. The molecular weight excluding hydrogens is 717 g/mol. The molecule has 1 unspecified atom stereocenters. The van der Waals surface area contributed by atoms with Crippen molar-refractivity contribution in [1.82, 2.24) is 9.88 Å². The molecular formula is C51H32N4OS. The molecule has 0 saturated carbocycles. The summed E-state index contributed by atoms with van der Waals surface area (Å²) >= 11 is 1.80. The molecule has 0 aliphatic carbocycles. The molecule has 1 N–H and O–H groups in total. The Balaban J connectivity index is 1.04. The average Bonchev–Trinajstić information content (AvgIpc) is 3.96. The molecule has 1 aliphatic rings. The number of aromatic nitrogens is 1. The molecule has 57 heavy (non-hydrogen) atoms. The van der Waals surface area contributed by atoms with Crippen LogP contribution >= 0.6 is 11.3 Å². The molecule has 8 aromatic carbocycles. The fraction of sp³-hybridized carbons (Fsp3) is 0.0196. The number of hydrogen-bond donors (Lipinski definition) is 1. The molecule has 268 valence electrons. The molecule has 1 aliphatic heterocycles. The number of hydrogen-bond acceptors (Lipinski definition) is 5. The van der Waals surface area contributed by atoms with Gasteiger partial charge in [-0.2, -0.15) is 0 Å². The summed E-state index contributed by atoms with van der Waals surface area (Å²) < 4.78 is 11.3. The smallest absolute Gasteiger partial charge is 0.160 e. The minimum atomic E-state index is -0.415. The Bertz CT molecular complexity index is 3450. The normalized spacial score (nSPS) is 14.5. The van der Waals surface area contributed by atoms with Gasteiger partial charge in [0.2, 0.25) is 0 Å². The summed E-state index contributed by atoms with van der Waals surface area (Å²) in [7, 11) is 0. The van der Waals surface area contributed by atoms with E-state index in [1.165, 1.54) is 53.1 Å². The second kappa shape index (κ2) is 12.6. The summed E-state index contributed by atoms with van der Waals surface area (Å²) in [5.74, 6) is 1.47. The van der Waals surface area contributed by atoms with E-state index in [4.69, 9.17) is 14.4 Å². The van der Waals surface area contributed by atoms with Gasteiger partial charge in [-0.15, -0.1) is 11.3 Å². The maximum absolute atomic E-state index is 6.51. The zero-order valence-corrected chi connectivity index (χ0v) is 31.4. The van der Waals surface area contributed by atoms with Gasteiger partial charge in [0.15, 0.2) is 12.0 Å². The van der Waals surface area contributed by atoms with Crippen LogP contribution in [0.25, 0.3) is 80.7 Å². The van der Waals surface area contributed by atoms with Crippen molar-refractivity contribution in [2.75, 3.05) is 0 Å². The minimum Gasteiger partial charge on any atom is -0.456 e. The van der Waals surface area contributed by atoms with E-state index in [-0.39, 0.29) is 0 Å². The van der Waals surface area contributed by atoms with Crippen molar-refractivity contribution in [1.29, 1.82) is 0 Å². The Morgan fingerprint density at radius 3 is 2.14 bits per heavy atom. The molecule has 6 heteroatoms. The average molecular weight is 749 g/mol. The van der Waals surface area contributed by atoms with Crippen LogP contribution < -0.4 is 5.32 Å². The van der Waals surface area contributed by atoms with E-state index >= 15 is 0 Å². The van der Waals surface area contributed by atoms with E-state index in [0.717, 1.165) is 50.2 Å². The molecule has 0 radical (unpaired) electrons. The van der Waals surface area contributed by atoms with Crippen molar-refractivity contribution >= 4 is 86.9 Å². The highest BCUT2D eigenvalue weighted by atomic mass is 32.1. The molecule has 0 amide bonds. The van der Waals surface area contributed by atoms with Gasteiger partial charge in [-0.25, -0.2) is 9.98 Å². The maximum Gasteiger partial charge on any atom is 0.160 e. The molecule has 0 fully saturated rings. The molecule has 0 saturated heterocycles. The van der Waals surface area contributed by atoms with Crippen LogP contribution in [-0.2, 0) is 0 Å². The van der Waals surface area contributed by atoms with Gasteiger partial charge < -0.3 is 14.3 Å². The summed E-state index contributed by atoms with van der Waals surface area (Å²) in [5.41, 5.74) is 10.6. The van der Waals surface area contributed by atoms with Gasteiger partial charge in [0.05, 0.1) is 11.0 Å². The number of nitrogens with one attached hydrogen (secondary N) is 1. The standard InChI is InChI=1S/C51H32N4OS/c1-3-14-31(15-4-1)49-52-50(39-23-11-21-37-36-19-8-10-26-44(36)56-47(37)39)54-51(53-49)40-24-12-22-38-46-34(20-13-27-45(46)57-48(38)40)32-28-29-43-41(30-32)35-18-7-9-25-42(35)55(43)33-16-5-2-6-17-33/h1-30,50H,(H,52,53,54). The molecule has 0 bridgehead atoms. The van der Waals surface area contributed by atoms with Crippen LogP contribution in [-0.4, -0.2) is 16.2 Å². The van der Waals surface area contributed by atoms with E-state index in [9.17, 15) is 0 Å². The highest BCUT2D eigenvalue weighted by molar-refractivity contribution is 7.26. The van der Waals surface area contributed by atoms with Gasteiger partial charge in [-0.05, 0) is 59.7 Å². The maximum atomic E-state index is 6.51. The minimum absolute atomic E-state index is 0.415. The number of para-hydroxylation sites is 4. The van der Waals surface area contributed by atoms with Gasteiger partial charge in [-0.1, -0.05) is 133 Å². The van der Waals surface area contributed by atoms with Crippen LogP contribution in [0.5, 0.6) is 0 Å².